The SMILES string of the molecule is COc1cc2c(cc1OC(C)C)[C@H](c1ccc(Cl)cc1)N(c1ccc([C@@](C)(O)C3CCCN(C(=O)OC(C)(C)C)C3)cc1)C(=O)C2. The van der Waals surface area contributed by atoms with Gasteiger partial charge in [0.05, 0.1) is 31.3 Å². The highest BCUT2D eigenvalue weighted by Gasteiger charge is 2.40. The molecule has 246 valence electrons. The van der Waals surface area contributed by atoms with E-state index in [0.717, 1.165) is 35.1 Å². The predicted octanol–water partition coefficient (Wildman–Crippen LogP) is 7.67. The van der Waals surface area contributed by atoms with Gasteiger partial charge in [-0.05, 0) is 113 Å². The number of anilines is 1. The Morgan fingerprint density at radius 3 is 2.28 bits per heavy atom. The van der Waals surface area contributed by atoms with Crippen LogP contribution in [0, 0.1) is 5.92 Å². The van der Waals surface area contributed by atoms with E-state index >= 15 is 0 Å². The van der Waals surface area contributed by atoms with Gasteiger partial charge < -0.3 is 29.1 Å². The number of aliphatic hydroxyl groups is 1. The molecule has 5 rings (SSSR count). The number of piperidine rings is 1. The molecule has 1 fully saturated rings. The van der Waals surface area contributed by atoms with Gasteiger partial charge in [-0.3, -0.25) is 4.79 Å². The number of benzene rings is 3. The third kappa shape index (κ3) is 7.13. The summed E-state index contributed by atoms with van der Waals surface area (Å²) in [4.78, 5) is 30.2. The molecule has 3 aromatic carbocycles. The molecule has 9 heteroatoms. The fourth-order valence-electron chi connectivity index (χ4n) is 6.45. The molecule has 0 aromatic heterocycles. The summed E-state index contributed by atoms with van der Waals surface area (Å²) in [7, 11) is 1.60. The number of amides is 2. The molecule has 2 aliphatic heterocycles. The summed E-state index contributed by atoms with van der Waals surface area (Å²) < 4.78 is 17.4. The largest absolute Gasteiger partial charge is 0.493 e. The number of likely N-dealkylation sites (tertiary alicyclic amines) is 1. The standard InChI is InChI=1S/C37H45ClN2O6/c1-23(2)45-32-21-30-25(19-31(32)44-7)20-33(41)40(34(30)24-10-14-28(38)15-11-24)29-16-12-26(13-17-29)37(6,43)27-9-8-18-39(22-27)35(42)46-36(3,4)5/h10-17,19,21,23,27,34,43H,8-9,18,20,22H2,1-7H3/t27?,34-,37+/m0/s1. The summed E-state index contributed by atoms with van der Waals surface area (Å²) in [5.74, 6) is 0.956. The van der Waals surface area contributed by atoms with Crippen molar-refractivity contribution in [3.8, 4) is 11.5 Å². The number of methoxy groups -OCH3 is 1. The number of fused-ring (bicyclic) bond motifs is 1. The van der Waals surface area contributed by atoms with Crippen LogP contribution >= 0.6 is 11.6 Å². The van der Waals surface area contributed by atoms with Crippen molar-refractivity contribution in [3.63, 3.8) is 0 Å². The number of rotatable bonds is 7. The average Bonchev–Trinajstić information content (AvgIpc) is 3.00. The molecule has 0 bridgehead atoms. The monoisotopic (exact) mass is 648 g/mol. The van der Waals surface area contributed by atoms with Crippen molar-refractivity contribution in [1.29, 1.82) is 0 Å². The molecule has 2 amide bonds. The molecule has 1 saturated heterocycles. The molecule has 1 unspecified atom stereocenters. The number of nitrogens with zero attached hydrogens (tertiary/aromatic N) is 2. The summed E-state index contributed by atoms with van der Waals surface area (Å²) in [6, 6.07) is 18.5. The van der Waals surface area contributed by atoms with Crippen LogP contribution in [0.4, 0.5) is 10.5 Å². The van der Waals surface area contributed by atoms with Crippen LogP contribution in [0.5, 0.6) is 11.5 Å². The number of carbonyl (C=O) groups is 2. The molecular formula is C37H45ClN2O6. The minimum atomic E-state index is -1.20. The second-order valence-corrected chi connectivity index (χ2v) is 14.2. The van der Waals surface area contributed by atoms with Gasteiger partial charge in [0, 0.05) is 29.7 Å². The number of ether oxygens (including phenoxy) is 3. The first kappa shape index (κ1) is 33.6. The van der Waals surface area contributed by atoms with E-state index in [2.05, 4.69) is 0 Å². The van der Waals surface area contributed by atoms with Crippen molar-refractivity contribution in [2.75, 3.05) is 25.1 Å². The predicted molar refractivity (Wildman–Crippen MR) is 180 cm³/mol. The number of hydrogen-bond donors (Lipinski definition) is 1. The van der Waals surface area contributed by atoms with Crippen molar-refractivity contribution < 1.29 is 28.9 Å². The zero-order valence-electron chi connectivity index (χ0n) is 27.8. The zero-order chi connectivity index (χ0) is 33.4. The summed E-state index contributed by atoms with van der Waals surface area (Å²) in [5, 5.41) is 12.4. The summed E-state index contributed by atoms with van der Waals surface area (Å²) in [6.07, 6.45) is 1.32. The van der Waals surface area contributed by atoms with Gasteiger partial charge in [-0.15, -0.1) is 0 Å². The Morgan fingerprint density at radius 1 is 1.00 bits per heavy atom. The first-order valence-electron chi connectivity index (χ1n) is 15.9. The lowest BCUT2D eigenvalue weighted by molar-refractivity contribution is -0.118. The molecule has 2 aliphatic rings. The third-order valence-corrected chi connectivity index (χ3v) is 8.99. The molecule has 0 spiro atoms. The van der Waals surface area contributed by atoms with Gasteiger partial charge in [-0.2, -0.15) is 0 Å². The van der Waals surface area contributed by atoms with E-state index in [1.807, 2.05) is 95.3 Å². The van der Waals surface area contributed by atoms with Gasteiger partial charge in [0.1, 0.15) is 5.60 Å². The van der Waals surface area contributed by atoms with Crippen LogP contribution in [0.2, 0.25) is 5.02 Å². The minimum absolute atomic E-state index is 0.0631. The Labute approximate surface area is 277 Å². The molecular weight excluding hydrogens is 604 g/mol. The lowest BCUT2D eigenvalue weighted by atomic mass is 9.78. The van der Waals surface area contributed by atoms with E-state index in [-0.39, 0.29) is 30.4 Å². The average molecular weight is 649 g/mol. The number of carbonyl (C=O) groups excluding carboxylic acids is 2. The number of hydrogen-bond acceptors (Lipinski definition) is 6. The molecule has 8 nitrogen and oxygen atoms in total. The van der Waals surface area contributed by atoms with Crippen LogP contribution in [-0.4, -0.2) is 53.9 Å². The molecule has 1 N–H and O–H groups in total. The van der Waals surface area contributed by atoms with Crippen LogP contribution in [0.1, 0.15) is 82.7 Å². The molecule has 0 radical (unpaired) electrons. The lowest BCUT2D eigenvalue weighted by Gasteiger charge is -2.41. The molecule has 3 aromatic rings. The molecule has 46 heavy (non-hydrogen) atoms. The van der Waals surface area contributed by atoms with Gasteiger partial charge in [0.15, 0.2) is 11.5 Å². The van der Waals surface area contributed by atoms with Gasteiger partial charge in [0.2, 0.25) is 5.91 Å². The molecule has 2 heterocycles. The van der Waals surface area contributed by atoms with Crippen molar-refractivity contribution in [2.45, 2.75) is 84.2 Å². The Morgan fingerprint density at radius 2 is 1.67 bits per heavy atom. The zero-order valence-corrected chi connectivity index (χ0v) is 28.6. The van der Waals surface area contributed by atoms with E-state index in [9.17, 15) is 14.7 Å². The summed E-state index contributed by atoms with van der Waals surface area (Å²) in [5.41, 5.74) is 2.36. The van der Waals surface area contributed by atoms with Crippen molar-refractivity contribution in [1.82, 2.24) is 4.90 Å². The Balaban J connectivity index is 1.48. The van der Waals surface area contributed by atoms with Crippen LogP contribution in [0.15, 0.2) is 60.7 Å². The highest BCUT2D eigenvalue weighted by Crippen LogP contribution is 2.44. The first-order valence-corrected chi connectivity index (χ1v) is 16.3. The maximum Gasteiger partial charge on any atom is 0.410 e. The van der Waals surface area contributed by atoms with Crippen LogP contribution in [0.25, 0.3) is 0 Å². The quantitative estimate of drug-likeness (QED) is 0.283. The van der Waals surface area contributed by atoms with Crippen LogP contribution in [0.3, 0.4) is 0 Å². The second-order valence-electron chi connectivity index (χ2n) is 13.7. The third-order valence-electron chi connectivity index (χ3n) is 8.73. The van der Waals surface area contributed by atoms with E-state index in [4.69, 9.17) is 25.8 Å². The lowest BCUT2D eigenvalue weighted by Crippen LogP contribution is -2.48. The summed E-state index contributed by atoms with van der Waals surface area (Å²) >= 11 is 6.26. The summed E-state index contributed by atoms with van der Waals surface area (Å²) in [6.45, 7) is 12.3. The maximum absolute atomic E-state index is 13.9. The molecule has 0 aliphatic carbocycles. The normalized spacial score (nSPS) is 19.8. The van der Waals surface area contributed by atoms with Gasteiger partial charge >= 0.3 is 6.09 Å². The van der Waals surface area contributed by atoms with E-state index in [0.29, 0.717) is 35.3 Å². The van der Waals surface area contributed by atoms with Crippen molar-refractivity contribution >= 4 is 29.3 Å². The highest BCUT2D eigenvalue weighted by molar-refractivity contribution is 6.30. The fraction of sp³-hybridized carbons (Fsp3) is 0.459. The van der Waals surface area contributed by atoms with Crippen molar-refractivity contribution in [3.05, 3.63) is 87.9 Å². The van der Waals surface area contributed by atoms with Crippen LogP contribution in [-0.2, 0) is 21.6 Å². The topological polar surface area (TPSA) is 88.5 Å². The fourth-order valence-corrected chi connectivity index (χ4v) is 6.58. The highest BCUT2D eigenvalue weighted by atomic mass is 35.5. The number of halogens is 1. The van der Waals surface area contributed by atoms with Gasteiger partial charge in [0.25, 0.3) is 0 Å². The smallest absolute Gasteiger partial charge is 0.410 e. The maximum atomic E-state index is 13.9. The van der Waals surface area contributed by atoms with Gasteiger partial charge in [-0.25, -0.2) is 4.79 Å². The van der Waals surface area contributed by atoms with Crippen LogP contribution < -0.4 is 14.4 Å². The minimum Gasteiger partial charge on any atom is -0.493 e. The second kappa shape index (κ2) is 13.2. The Bertz CT molecular complexity index is 1560. The van der Waals surface area contributed by atoms with Gasteiger partial charge in [-0.1, -0.05) is 35.9 Å². The first-order chi connectivity index (χ1) is 21.7. The van der Waals surface area contributed by atoms with Crippen molar-refractivity contribution in [2.24, 2.45) is 5.92 Å². The van der Waals surface area contributed by atoms with E-state index in [1.54, 1.807) is 23.8 Å². The van der Waals surface area contributed by atoms with E-state index < -0.39 is 17.2 Å². The van der Waals surface area contributed by atoms with E-state index in [1.165, 1.54) is 0 Å². The Kier molecular flexibility index (Phi) is 9.62. The molecule has 3 atom stereocenters. The Hall–Kier alpha value is -3.75. The molecule has 0 saturated carbocycles.